The summed E-state index contributed by atoms with van der Waals surface area (Å²) in [6.07, 6.45) is 6.68. The van der Waals surface area contributed by atoms with Crippen LogP contribution in [0.1, 0.15) is 49.4 Å². The summed E-state index contributed by atoms with van der Waals surface area (Å²) in [7, 11) is 0. The minimum absolute atomic E-state index is 0.0656. The summed E-state index contributed by atoms with van der Waals surface area (Å²) in [5.74, 6) is -0.530. The number of nitrogens with zero attached hydrogens (tertiary/aromatic N) is 3. The van der Waals surface area contributed by atoms with E-state index in [1.165, 1.54) is 53.1 Å². The molecule has 3 amide bonds. The predicted molar refractivity (Wildman–Crippen MR) is 136 cm³/mol. The minimum Gasteiger partial charge on any atom is -0.347 e. The van der Waals surface area contributed by atoms with Crippen LogP contribution in [0.4, 0.5) is 19.4 Å². The maximum absolute atomic E-state index is 15.0. The van der Waals surface area contributed by atoms with Crippen molar-refractivity contribution >= 4 is 28.8 Å². The number of hydrogen-bond acceptors (Lipinski definition) is 4. The third-order valence-electron chi connectivity index (χ3n) is 8.95. The first-order chi connectivity index (χ1) is 18.1. The minimum atomic E-state index is -0.873. The molecule has 1 aliphatic heterocycles. The number of benzene rings is 1. The second-order valence-corrected chi connectivity index (χ2v) is 11.7. The van der Waals surface area contributed by atoms with Crippen molar-refractivity contribution in [3.05, 3.63) is 63.9 Å². The zero-order chi connectivity index (χ0) is 26.4. The molecule has 3 heterocycles. The van der Waals surface area contributed by atoms with E-state index in [0.29, 0.717) is 24.4 Å². The number of aromatic nitrogens is 2. The molecule has 4 fully saturated rings. The molecule has 3 unspecified atom stereocenters. The van der Waals surface area contributed by atoms with Gasteiger partial charge in [-0.25, -0.2) is 18.6 Å². The zero-order valence-electron chi connectivity index (χ0n) is 20.9. The smallest absolute Gasteiger partial charge is 0.323 e. The van der Waals surface area contributed by atoms with Gasteiger partial charge in [-0.2, -0.15) is 0 Å². The molecule has 38 heavy (non-hydrogen) atoms. The van der Waals surface area contributed by atoms with Crippen LogP contribution in [-0.2, 0) is 0 Å². The summed E-state index contributed by atoms with van der Waals surface area (Å²) >= 11 is 0. The monoisotopic (exact) mass is 519 g/mol. The summed E-state index contributed by atoms with van der Waals surface area (Å²) in [5.41, 5.74) is -0.777. The van der Waals surface area contributed by atoms with E-state index in [1.54, 1.807) is 0 Å². The summed E-state index contributed by atoms with van der Waals surface area (Å²) in [5, 5.41) is 5.94. The van der Waals surface area contributed by atoms with Crippen molar-refractivity contribution in [2.75, 3.05) is 18.0 Å². The van der Waals surface area contributed by atoms with Crippen molar-refractivity contribution in [1.82, 2.24) is 20.2 Å². The molecular weight excluding hydrogens is 492 g/mol. The first-order valence-electron chi connectivity index (χ1n) is 13.0. The van der Waals surface area contributed by atoms with Crippen molar-refractivity contribution in [1.29, 1.82) is 0 Å². The highest BCUT2D eigenvalue weighted by Gasteiger charge is 2.65. The largest absolute Gasteiger partial charge is 0.347 e. The van der Waals surface area contributed by atoms with Gasteiger partial charge >= 0.3 is 6.03 Å². The average Bonchev–Trinajstić information content (AvgIpc) is 3.16. The summed E-state index contributed by atoms with van der Waals surface area (Å²) in [6, 6.07) is 5.78. The Kier molecular flexibility index (Phi) is 4.81. The summed E-state index contributed by atoms with van der Waals surface area (Å²) in [6.45, 7) is 2.88. The van der Waals surface area contributed by atoms with E-state index < -0.39 is 28.5 Å². The number of carbonyl (C=O) groups excluding carboxylic acids is 2. The molecular formula is C28H27F2N5O3. The first kappa shape index (κ1) is 23.3. The third kappa shape index (κ3) is 3.53. The highest BCUT2D eigenvalue weighted by Crippen LogP contribution is 2.72. The van der Waals surface area contributed by atoms with E-state index in [2.05, 4.69) is 15.6 Å². The number of fused-ring (bicyclic) bond motifs is 2. The number of anilines is 1. The Bertz CT molecular complexity index is 1610. The van der Waals surface area contributed by atoms with Crippen LogP contribution in [0.5, 0.6) is 0 Å². The van der Waals surface area contributed by atoms with Gasteiger partial charge < -0.3 is 10.6 Å². The standard InChI is InChI=1S/C28H27F2N5O3/c1-27(10-15-8-16-12-28(16,11-15)14-27)33-25(37)19-13-35(21-4-2-17(29)9-20(21)30)24-18(23(19)36)3-5-22(32-24)34-7-6-31-26(34)38/h2-5,9,13,15-16H,6-8,10-12,14H2,1H3,(H,31,38)(H,33,37)/t15?,16?,27?,28-/m0/s1. The molecule has 1 spiro atoms. The highest BCUT2D eigenvalue weighted by molar-refractivity contribution is 5.98. The van der Waals surface area contributed by atoms with Crippen LogP contribution >= 0.6 is 0 Å². The quantitative estimate of drug-likeness (QED) is 0.547. The Labute approximate surface area is 217 Å². The lowest BCUT2D eigenvalue weighted by molar-refractivity contribution is 0.0827. The van der Waals surface area contributed by atoms with Crippen molar-refractivity contribution < 1.29 is 18.4 Å². The van der Waals surface area contributed by atoms with Gasteiger partial charge in [0.15, 0.2) is 5.65 Å². The number of halogens is 2. The number of amides is 3. The van der Waals surface area contributed by atoms with Gasteiger partial charge in [-0.1, -0.05) is 0 Å². The third-order valence-corrected chi connectivity index (χ3v) is 8.95. The lowest BCUT2D eigenvalue weighted by Crippen LogP contribution is -2.51. The number of rotatable bonds is 4. The lowest BCUT2D eigenvalue weighted by Gasteiger charge is -2.40. The predicted octanol–water partition coefficient (Wildman–Crippen LogP) is 3.89. The average molecular weight is 520 g/mol. The Morgan fingerprint density at radius 1 is 1.16 bits per heavy atom. The fourth-order valence-corrected chi connectivity index (χ4v) is 7.50. The van der Waals surface area contributed by atoms with Gasteiger partial charge in [0.1, 0.15) is 23.0 Å². The first-order valence-corrected chi connectivity index (χ1v) is 13.0. The number of hydrogen-bond donors (Lipinski definition) is 2. The number of urea groups is 1. The van der Waals surface area contributed by atoms with E-state index >= 15 is 0 Å². The summed E-state index contributed by atoms with van der Waals surface area (Å²) in [4.78, 5) is 45.4. The topological polar surface area (TPSA) is 96.3 Å². The van der Waals surface area contributed by atoms with Crippen molar-refractivity contribution in [2.45, 2.75) is 44.6 Å². The van der Waals surface area contributed by atoms with Gasteiger partial charge in [-0.3, -0.25) is 19.1 Å². The Morgan fingerprint density at radius 3 is 2.74 bits per heavy atom. The second kappa shape index (κ2) is 7.85. The van der Waals surface area contributed by atoms with Crippen LogP contribution in [0.15, 0.2) is 41.3 Å². The second-order valence-electron chi connectivity index (χ2n) is 11.7. The molecule has 3 aromatic rings. The molecule has 1 saturated heterocycles. The molecule has 4 atom stereocenters. The summed E-state index contributed by atoms with van der Waals surface area (Å²) < 4.78 is 30.0. The van der Waals surface area contributed by atoms with E-state index in [0.717, 1.165) is 30.9 Å². The van der Waals surface area contributed by atoms with E-state index in [9.17, 15) is 23.2 Å². The Morgan fingerprint density at radius 2 is 2.00 bits per heavy atom. The van der Waals surface area contributed by atoms with Crippen LogP contribution in [0, 0.1) is 28.9 Å². The van der Waals surface area contributed by atoms with Crippen LogP contribution in [-0.4, -0.2) is 40.1 Å². The van der Waals surface area contributed by atoms with Gasteiger partial charge in [-0.05, 0) is 80.5 Å². The maximum Gasteiger partial charge on any atom is 0.323 e. The SMILES string of the molecule is CC1(NC(=O)c2cn(-c3ccc(F)cc3F)c3nc(N4CCNC4=O)ccc3c2=O)CC2CC3C[C@@]3(C2)C1. The molecule has 7 rings (SSSR count). The highest BCUT2D eigenvalue weighted by atomic mass is 19.1. The molecule has 196 valence electrons. The van der Waals surface area contributed by atoms with Crippen molar-refractivity contribution in [3.63, 3.8) is 0 Å². The normalized spacial score (nSPS) is 29.3. The van der Waals surface area contributed by atoms with E-state index in [4.69, 9.17) is 0 Å². The molecule has 2 bridgehead atoms. The van der Waals surface area contributed by atoms with Crippen LogP contribution in [0.25, 0.3) is 16.7 Å². The van der Waals surface area contributed by atoms with Crippen LogP contribution in [0.2, 0.25) is 0 Å². The maximum atomic E-state index is 15.0. The number of carbonyl (C=O) groups is 2. The molecule has 10 heteroatoms. The number of nitrogens with one attached hydrogen (secondary N) is 2. The number of pyridine rings is 2. The fraction of sp³-hybridized carbons (Fsp3) is 0.429. The van der Waals surface area contributed by atoms with Gasteiger partial charge in [0.25, 0.3) is 5.91 Å². The van der Waals surface area contributed by atoms with Crippen molar-refractivity contribution in [2.24, 2.45) is 17.3 Å². The molecule has 2 N–H and O–H groups in total. The van der Waals surface area contributed by atoms with Gasteiger partial charge in [-0.15, -0.1) is 0 Å². The van der Waals surface area contributed by atoms with Crippen LogP contribution in [0.3, 0.4) is 0 Å². The van der Waals surface area contributed by atoms with Crippen molar-refractivity contribution in [3.8, 4) is 5.69 Å². The van der Waals surface area contributed by atoms with Gasteiger partial charge in [0.2, 0.25) is 5.43 Å². The van der Waals surface area contributed by atoms with E-state index in [1.807, 2.05) is 6.92 Å². The molecule has 2 aromatic heterocycles. The van der Waals surface area contributed by atoms with Gasteiger partial charge in [0.05, 0.1) is 11.1 Å². The molecule has 8 nitrogen and oxygen atoms in total. The molecule has 0 radical (unpaired) electrons. The molecule has 3 saturated carbocycles. The van der Waals surface area contributed by atoms with Crippen LogP contribution < -0.4 is 21.0 Å². The molecule has 1 aromatic carbocycles. The van der Waals surface area contributed by atoms with Gasteiger partial charge in [0, 0.05) is 30.9 Å². The fourth-order valence-electron chi connectivity index (χ4n) is 7.50. The molecule has 3 aliphatic carbocycles. The Hall–Kier alpha value is -3.82. The zero-order valence-corrected chi connectivity index (χ0v) is 20.9. The molecule has 4 aliphatic rings. The van der Waals surface area contributed by atoms with E-state index in [-0.39, 0.29) is 34.1 Å². The Balaban J connectivity index is 1.34. The lowest BCUT2D eigenvalue weighted by atomic mass is 9.72.